The Labute approximate surface area is 143 Å². The molecule has 1 aliphatic heterocycles. The van der Waals surface area contributed by atoms with E-state index in [0.29, 0.717) is 12.4 Å². The van der Waals surface area contributed by atoms with Gasteiger partial charge in [0.05, 0.1) is 0 Å². The summed E-state index contributed by atoms with van der Waals surface area (Å²) in [5.74, 6) is 0.611. The molecule has 0 saturated carbocycles. The highest BCUT2D eigenvalue weighted by Gasteiger charge is 2.26. The molecular weight excluding hydrogens is 330 g/mol. The van der Waals surface area contributed by atoms with Crippen LogP contribution >= 0.6 is 0 Å². The molecule has 0 spiro atoms. The molecule has 1 aromatic heterocycles. The minimum atomic E-state index is -3.68. The van der Waals surface area contributed by atoms with Crippen molar-refractivity contribution in [2.45, 2.75) is 44.2 Å². The molecule has 2 heterocycles. The van der Waals surface area contributed by atoms with E-state index in [4.69, 9.17) is 0 Å². The minimum absolute atomic E-state index is 0.00884. The fourth-order valence-corrected chi connectivity index (χ4v) is 3.89. The van der Waals surface area contributed by atoms with Gasteiger partial charge in [-0.2, -0.15) is 0 Å². The van der Waals surface area contributed by atoms with E-state index in [2.05, 4.69) is 15.0 Å². The summed E-state index contributed by atoms with van der Waals surface area (Å²) in [7, 11) is -1.94. The van der Waals surface area contributed by atoms with Crippen LogP contribution in [0.4, 0.5) is 0 Å². The van der Waals surface area contributed by atoms with E-state index in [-0.39, 0.29) is 29.9 Å². The Bertz CT molecular complexity index is 645. The van der Waals surface area contributed by atoms with E-state index < -0.39 is 10.0 Å². The highest BCUT2D eigenvalue weighted by Crippen LogP contribution is 2.11. The molecule has 24 heavy (non-hydrogen) atoms. The van der Waals surface area contributed by atoms with E-state index in [1.54, 1.807) is 18.5 Å². The van der Waals surface area contributed by atoms with Gasteiger partial charge in [0.15, 0.2) is 5.03 Å². The third-order valence-corrected chi connectivity index (χ3v) is 5.58. The van der Waals surface area contributed by atoms with Crippen LogP contribution in [-0.4, -0.2) is 61.0 Å². The standard InChI is InChI=1S/C15H27N5O3S/c1-4-9-20(13-5-7-16-10-13)15(21)6-8-17-24(22,23)14-11-19(3)12(2)18-14/h11,13,16-17H,4-10H2,1-3H3. The number of rotatable bonds is 8. The SMILES string of the molecule is CCCN(C(=O)CCNS(=O)(=O)c1cn(C)c(C)n1)C1CCNC1. The normalized spacial score (nSPS) is 18.0. The average molecular weight is 357 g/mol. The zero-order valence-electron chi connectivity index (χ0n) is 14.6. The summed E-state index contributed by atoms with van der Waals surface area (Å²) < 4.78 is 28.5. The van der Waals surface area contributed by atoms with E-state index in [9.17, 15) is 13.2 Å². The first-order chi connectivity index (χ1) is 11.3. The number of nitrogens with zero attached hydrogens (tertiary/aromatic N) is 3. The van der Waals surface area contributed by atoms with Gasteiger partial charge in [0.25, 0.3) is 10.0 Å². The highest BCUT2D eigenvalue weighted by atomic mass is 32.2. The largest absolute Gasteiger partial charge is 0.338 e. The van der Waals surface area contributed by atoms with Crippen molar-refractivity contribution in [3.05, 3.63) is 12.0 Å². The lowest BCUT2D eigenvalue weighted by Gasteiger charge is -2.28. The number of carbonyl (C=O) groups excluding carboxylic acids is 1. The zero-order valence-corrected chi connectivity index (χ0v) is 15.4. The van der Waals surface area contributed by atoms with Crippen molar-refractivity contribution in [1.82, 2.24) is 24.5 Å². The van der Waals surface area contributed by atoms with E-state index in [1.165, 1.54) is 6.20 Å². The predicted molar refractivity (Wildman–Crippen MR) is 91.0 cm³/mol. The molecule has 1 atom stereocenters. The summed E-state index contributed by atoms with van der Waals surface area (Å²) in [5.41, 5.74) is 0. The van der Waals surface area contributed by atoms with Crippen molar-refractivity contribution in [3.63, 3.8) is 0 Å². The third-order valence-electron chi connectivity index (χ3n) is 4.25. The number of imidazole rings is 1. The molecule has 1 saturated heterocycles. The number of amides is 1. The molecule has 1 aromatic rings. The minimum Gasteiger partial charge on any atom is -0.338 e. The molecular formula is C15H27N5O3S. The van der Waals surface area contributed by atoms with Gasteiger partial charge in [-0.25, -0.2) is 18.1 Å². The topological polar surface area (TPSA) is 96.3 Å². The first-order valence-electron chi connectivity index (χ1n) is 8.35. The molecule has 0 bridgehead atoms. The van der Waals surface area contributed by atoms with Crippen LogP contribution in [0.3, 0.4) is 0 Å². The van der Waals surface area contributed by atoms with Crippen molar-refractivity contribution < 1.29 is 13.2 Å². The van der Waals surface area contributed by atoms with Crippen LogP contribution in [0.15, 0.2) is 11.2 Å². The lowest BCUT2D eigenvalue weighted by molar-refractivity contribution is -0.133. The smallest absolute Gasteiger partial charge is 0.259 e. The molecule has 1 aliphatic rings. The van der Waals surface area contributed by atoms with E-state index in [1.807, 2.05) is 11.8 Å². The Morgan fingerprint density at radius 2 is 2.29 bits per heavy atom. The van der Waals surface area contributed by atoms with Crippen LogP contribution in [0.1, 0.15) is 32.0 Å². The molecule has 2 rings (SSSR count). The fraction of sp³-hybridized carbons (Fsp3) is 0.733. The Kier molecular flexibility index (Phi) is 6.36. The zero-order chi connectivity index (χ0) is 17.7. The number of hydrogen-bond donors (Lipinski definition) is 2. The summed E-state index contributed by atoms with van der Waals surface area (Å²) in [6, 6.07) is 0.215. The fourth-order valence-electron chi connectivity index (χ4n) is 2.82. The van der Waals surface area contributed by atoms with E-state index in [0.717, 1.165) is 25.9 Å². The Hall–Kier alpha value is -1.45. The number of sulfonamides is 1. The van der Waals surface area contributed by atoms with Gasteiger partial charge in [0, 0.05) is 45.3 Å². The van der Waals surface area contributed by atoms with Gasteiger partial charge in [-0.1, -0.05) is 6.92 Å². The maximum atomic E-state index is 12.4. The van der Waals surface area contributed by atoms with Gasteiger partial charge < -0.3 is 14.8 Å². The number of aryl methyl sites for hydroxylation is 2. The highest BCUT2D eigenvalue weighted by molar-refractivity contribution is 7.89. The lowest BCUT2D eigenvalue weighted by Crippen LogP contribution is -2.43. The maximum absolute atomic E-state index is 12.4. The summed E-state index contributed by atoms with van der Waals surface area (Å²) in [6.45, 7) is 6.29. The number of carbonyl (C=O) groups is 1. The van der Waals surface area contributed by atoms with Crippen LogP contribution in [0.5, 0.6) is 0 Å². The monoisotopic (exact) mass is 357 g/mol. The maximum Gasteiger partial charge on any atom is 0.259 e. The lowest BCUT2D eigenvalue weighted by atomic mass is 10.2. The molecule has 0 aliphatic carbocycles. The summed E-state index contributed by atoms with van der Waals surface area (Å²) in [4.78, 5) is 18.3. The van der Waals surface area contributed by atoms with Crippen LogP contribution in [0, 0.1) is 6.92 Å². The van der Waals surface area contributed by atoms with Gasteiger partial charge in [0.1, 0.15) is 5.82 Å². The van der Waals surface area contributed by atoms with Crippen LogP contribution < -0.4 is 10.0 Å². The molecule has 8 nitrogen and oxygen atoms in total. The molecule has 1 amide bonds. The van der Waals surface area contributed by atoms with Crippen molar-refractivity contribution in [2.75, 3.05) is 26.2 Å². The Morgan fingerprint density at radius 1 is 1.54 bits per heavy atom. The second-order valence-electron chi connectivity index (χ2n) is 6.12. The average Bonchev–Trinajstić information content (AvgIpc) is 3.15. The summed E-state index contributed by atoms with van der Waals surface area (Å²) in [5, 5.41) is 3.25. The summed E-state index contributed by atoms with van der Waals surface area (Å²) >= 11 is 0. The molecule has 0 radical (unpaired) electrons. The second-order valence-corrected chi connectivity index (χ2v) is 7.83. The number of nitrogens with one attached hydrogen (secondary N) is 2. The van der Waals surface area contributed by atoms with Crippen LogP contribution in [-0.2, 0) is 21.9 Å². The van der Waals surface area contributed by atoms with Gasteiger partial charge in [-0.3, -0.25) is 4.79 Å². The molecule has 1 fully saturated rings. The van der Waals surface area contributed by atoms with Gasteiger partial charge in [-0.15, -0.1) is 0 Å². The van der Waals surface area contributed by atoms with Gasteiger partial charge >= 0.3 is 0 Å². The van der Waals surface area contributed by atoms with Crippen molar-refractivity contribution >= 4 is 15.9 Å². The van der Waals surface area contributed by atoms with Crippen molar-refractivity contribution in [3.8, 4) is 0 Å². The molecule has 136 valence electrons. The Morgan fingerprint density at radius 3 is 2.83 bits per heavy atom. The van der Waals surface area contributed by atoms with Crippen LogP contribution in [0.2, 0.25) is 0 Å². The summed E-state index contributed by atoms with van der Waals surface area (Å²) in [6.07, 6.45) is 3.46. The molecule has 0 aromatic carbocycles. The quantitative estimate of drug-likeness (QED) is 0.683. The van der Waals surface area contributed by atoms with Crippen molar-refractivity contribution in [2.24, 2.45) is 7.05 Å². The second kappa shape index (κ2) is 8.09. The predicted octanol–water partition coefficient (Wildman–Crippen LogP) is -0.00258. The van der Waals surface area contributed by atoms with Crippen molar-refractivity contribution in [1.29, 1.82) is 0 Å². The van der Waals surface area contributed by atoms with Gasteiger partial charge in [-0.05, 0) is 26.3 Å². The Balaban J connectivity index is 1.90. The van der Waals surface area contributed by atoms with E-state index >= 15 is 0 Å². The molecule has 1 unspecified atom stereocenters. The first-order valence-corrected chi connectivity index (χ1v) is 9.83. The molecule has 2 N–H and O–H groups in total. The number of hydrogen-bond acceptors (Lipinski definition) is 5. The molecule has 9 heteroatoms. The first kappa shape index (κ1) is 18.9. The number of aromatic nitrogens is 2. The third kappa shape index (κ3) is 4.55. The van der Waals surface area contributed by atoms with Gasteiger partial charge in [0.2, 0.25) is 5.91 Å². The van der Waals surface area contributed by atoms with Crippen LogP contribution in [0.25, 0.3) is 0 Å².